The number of hydrogen-bond acceptors (Lipinski definition) is 6. The quantitative estimate of drug-likeness (QED) is 0.350. The van der Waals surface area contributed by atoms with Crippen molar-refractivity contribution in [1.29, 1.82) is 0 Å². The minimum Gasteiger partial charge on any atom is -0.479 e. The summed E-state index contributed by atoms with van der Waals surface area (Å²) in [5, 5.41) is 9.31. The van der Waals surface area contributed by atoms with Gasteiger partial charge in [-0.1, -0.05) is 54.6 Å². The van der Waals surface area contributed by atoms with Gasteiger partial charge in [0.15, 0.2) is 6.10 Å². The number of ether oxygens (including phenoxy) is 1. The predicted octanol–water partition coefficient (Wildman–Crippen LogP) is 4.42. The molecule has 0 saturated carbocycles. The minimum absolute atomic E-state index is 0.205. The fourth-order valence-corrected chi connectivity index (χ4v) is 4.05. The molecule has 0 saturated heterocycles. The summed E-state index contributed by atoms with van der Waals surface area (Å²) in [6.07, 6.45) is 3.92. The number of hydrogen-bond donors (Lipinski definition) is 1. The molecule has 37 heavy (non-hydrogen) atoms. The normalized spacial score (nSPS) is 12.3. The first-order valence-corrected chi connectivity index (χ1v) is 13.4. The van der Waals surface area contributed by atoms with Crippen LogP contribution in [0.2, 0.25) is 0 Å². The van der Waals surface area contributed by atoms with Gasteiger partial charge >= 0.3 is 16.1 Å². The van der Waals surface area contributed by atoms with Crippen LogP contribution in [0.1, 0.15) is 28.4 Å². The van der Waals surface area contributed by atoms with Crippen molar-refractivity contribution in [3.05, 3.63) is 102 Å². The highest BCUT2D eigenvalue weighted by Gasteiger charge is 2.20. The minimum atomic E-state index is -3.59. The largest absolute Gasteiger partial charge is 0.479 e. The molecule has 3 rings (SSSR count). The highest BCUT2D eigenvalue weighted by molar-refractivity contribution is 7.86. The van der Waals surface area contributed by atoms with Crippen LogP contribution in [-0.2, 0) is 26.1 Å². The number of rotatable bonds is 12. The molecule has 1 atom stereocenters. The van der Waals surface area contributed by atoms with Gasteiger partial charge in [0.25, 0.3) is 5.91 Å². The van der Waals surface area contributed by atoms with Crippen molar-refractivity contribution in [3.8, 4) is 5.75 Å². The van der Waals surface area contributed by atoms with Crippen molar-refractivity contribution in [3.63, 3.8) is 0 Å². The van der Waals surface area contributed by atoms with Gasteiger partial charge in [-0.05, 0) is 54.4 Å². The smallest absolute Gasteiger partial charge is 0.333 e. The van der Waals surface area contributed by atoms with Crippen LogP contribution >= 0.6 is 0 Å². The summed E-state index contributed by atoms with van der Waals surface area (Å²) in [5.74, 6) is -1.01. The number of aliphatic carboxylic acids is 1. The van der Waals surface area contributed by atoms with Crippen LogP contribution in [0.4, 0.5) is 5.69 Å². The molecule has 0 aliphatic carbocycles. The maximum atomic E-state index is 13.4. The molecule has 3 aromatic rings. The van der Waals surface area contributed by atoms with Crippen LogP contribution in [0, 0.1) is 0 Å². The number of benzene rings is 3. The van der Waals surface area contributed by atoms with Crippen LogP contribution in [0.15, 0.2) is 84.9 Å². The lowest BCUT2D eigenvalue weighted by Gasteiger charge is -2.22. The van der Waals surface area contributed by atoms with Crippen molar-refractivity contribution < 1.29 is 32.0 Å². The van der Waals surface area contributed by atoms with E-state index in [1.807, 2.05) is 42.5 Å². The monoisotopic (exact) mass is 523 g/mol. The zero-order valence-corrected chi connectivity index (χ0v) is 21.4. The van der Waals surface area contributed by atoms with E-state index in [0.29, 0.717) is 12.2 Å². The second kappa shape index (κ2) is 12.8. The Hall–Kier alpha value is -3.95. The summed E-state index contributed by atoms with van der Waals surface area (Å²) in [5.41, 5.74) is 2.76. The van der Waals surface area contributed by atoms with Crippen molar-refractivity contribution in [2.24, 2.45) is 0 Å². The molecule has 8 nitrogen and oxygen atoms in total. The van der Waals surface area contributed by atoms with Gasteiger partial charge in [0.2, 0.25) is 0 Å². The molecule has 0 heterocycles. The lowest BCUT2D eigenvalue weighted by molar-refractivity contribution is -0.149. The van der Waals surface area contributed by atoms with Gasteiger partial charge in [-0.25, -0.2) is 4.79 Å². The molecule has 0 spiro atoms. The Labute approximate surface area is 216 Å². The average molecular weight is 524 g/mol. The summed E-state index contributed by atoms with van der Waals surface area (Å²) in [4.78, 5) is 26.4. The van der Waals surface area contributed by atoms with Crippen LogP contribution in [0.3, 0.4) is 0 Å². The third kappa shape index (κ3) is 8.59. The highest BCUT2D eigenvalue weighted by Crippen LogP contribution is 2.19. The summed E-state index contributed by atoms with van der Waals surface area (Å²) < 4.78 is 32.7. The molecule has 0 aromatic heterocycles. The fraction of sp³-hybridized carbons (Fsp3) is 0.214. The summed E-state index contributed by atoms with van der Waals surface area (Å²) in [6.45, 7) is 2.33. The van der Waals surface area contributed by atoms with E-state index in [1.54, 1.807) is 60.4 Å². The molecular formula is C28H29NO7S. The standard InChI is InChI=1S/C28H29NO7S/c1-3-35-26(28(31)32)20-22-11-15-23(16-12-22)27(30)29(24-9-5-4-6-10-24)19-7-8-21-13-17-25(18-14-21)36-37(2,33)34/h4-18,26H,3,19-20H2,1-2H3,(H,31,32)/b8-7+. The lowest BCUT2D eigenvalue weighted by atomic mass is 10.0. The molecule has 1 unspecified atom stereocenters. The lowest BCUT2D eigenvalue weighted by Crippen LogP contribution is -2.31. The van der Waals surface area contributed by atoms with Crippen LogP contribution in [0.25, 0.3) is 6.08 Å². The number of carbonyl (C=O) groups is 2. The number of para-hydroxylation sites is 1. The van der Waals surface area contributed by atoms with Crippen LogP contribution < -0.4 is 9.08 Å². The fourth-order valence-electron chi connectivity index (χ4n) is 3.59. The molecule has 0 bridgehead atoms. The van der Waals surface area contributed by atoms with E-state index in [9.17, 15) is 23.1 Å². The molecule has 1 amide bonds. The SMILES string of the molecule is CCOC(Cc1ccc(C(=O)N(C/C=C/c2ccc(OS(C)(=O)=O)cc2)c2ccccc2)cc1)C(=O)O. The first-order chi connectivity index (χ1) is 17.7. The molecule has 0 aliphatic heterocycles. The van der Waals surface area contributed by atoms with Gasteiger partial charge in [-0.2, -0.15) is 8.42 Å². The molecule has 0 aliphatic rings. The Balaban J connectivity index is 1.74. The molecule has 0 radical (unpaired) electrons. The first kappa shape index (κ1) is 27.6. The molecular weight excluding hydrogens is 494 g/mol. The molecule has 3 aromatic carbocycles. The zero-order chi connectivity index (χ0) is 26.8. The van der Waals surface area contributed by atoms with Gasteiger partial charge in [0.1, 0.15) is 5.75 Å². The van der Waals surface area contributed by atoms with E-state index in [4.69, 9.17) is 8.92 Å². The van der Waals surface area contributed by atoms with Gasteiger partial charge < -0.3 is 18.9 Å². The summed E-state index contributed by atoms with van der Waals surface area (Å²) >= 11 is 0. The zero-order valence-electron chi connectivity index (χ0n) is 20.6. The van der Waals surface area contributed by atoms with E-state index in [1.165, 1.54) is 0 Å². The highest BCUT2D eigenvalue weighted by atomic mass is 32.2. The number of carbonyl (C=O) groups excluding carboxylic acids is 1. The number of carboxylic acid groups (broad SMARTS) is 1. The van der Waals surface area contributed by atoms with E-state index in [2.05, 4.69) is 0 Å². The Morgan fingerprint density at radius 2 is 1.62 bits per heavy atom. The van der Waals surface area contributed by atoms with E-state index >= 15 is 0 Å². The second-order valence-electron chi connectivity index (χ2n) is 8.19. The summed E-state index contributed by atoms with van der Waals surface area (Å²) in [7, 11) is -3.59. The van der Waals surface area contributed by atoms with Crippen LogP contribution in [0.5, 0.6) is 5.75 Å². The summed E-state index contributed by atoms with van der Waals surface area (Å²) in [6, 6.07) is 22.7. The van der Waals surface area contributed by atoms with Gasteiger partial charge in [0, 0.05) is 30.8 Å². The Bertz CT molecular complexity index is 1320. The number of anilines is 1. The van der Waals surface area contributed by atoms with Gasteiger partial charge in [-0.3, -0.25) is 4.79 Å². The van der Waals surface area contributed by atoms with E-state index < -0.39 is 22.2 Å². The van der Waals surface area contributed by atoms with Crippen molar-refractivity contribution >= 4 is 33.8 Å². The molecule has 194 valence electrons. The molecule has 0 fully saturated rings. The third-order valence-corrected chi connectivity index (χ3v) is 5.80. The molecule has 1 N–H and O–H groups in total. The Kier molecular flexibility index (Phi) is 9.59. The predicted molar refractivity (Wildman–Crippen MR) is 142 cm³/mol. The van der Waals surface area contributed by atoms with E-state index in [-0.39, 0.29) is 24.6 Å². The van der Waals surface area contributed by atoms with Crippen molar-refractivity contribution in [1.82, 2.24) is 0 Å². The van der Waals surface area contributed by atoms with Crippen LogP contribution in [-0.4, -0.2) is 50.9 Å². The number of carboxylic acids is 1. The second-order valence-corrected chi connectivity index (χ2v) is 9.77. The first-order valence-electron chi connectivity index (χ1n) is 11.6. The number of amides is 1. The Morgan fingerprint density at radius 3 is 2.19 bits per heavy atom. The molecule has 9 heteroatoms. The maximum Gasteiger partial charge on any atom is 0.333 e. The topological polar surface area (TPSA) is 110 Å². The third-order valence-electron chi connectivity index (χ3n) is 5.30. The van der Waals surface area contributed by atoms with Gasteiger partial charge in [-0.15, -0.1) is 0 Å². The van der Waals surface area contributed by atoms with Crippen molar-refractivity contribution in [2.75, 3.05) is 24.3 Å². The Morgan fingerprint density at radius 1 is 0.973 bits per heavy atom. The van der Waals surface area contributed by atoms with Gasteiger partial charge in [0.05, 0.1) is 6.26 Å². The van der Waals surface area contributed by atoms with E-state index in [0.717, 1.165) is 23.1 Å². The number of nitrogens with zero attached hydrogens (tertiary/aromatic N) is 1. The average Bonchev–Trinajstić information content (AvgIpc) is 2.87. The van der Waals surface area contributed by atoms with Crippen molar-refractivity contribution in [2.45, 2.75) is 19.4 Å². The maximum absolute atomic E-state index is 13.4.